The summed E-state index contributed by atoms with van der Waals surface area (Å²) in [5.74, 6) is -1.29. The third-order valence-electron chi connectivity index (χ3n) is 4.62. The van der Waals surface area contributed by atoms with Crippen LogP contribution in [0.2, 0.25) is 10.0 Å². The summed E-state index contributed by atoms with van der Waals surface area (Å²) in [5.41, 5.74) is 9.38. The zero-order chi connectivity index (χ0) is 24.4. The topological polar surface area (TPSA) is 132 Å². The highest BCUT2D eigenvalue weighted by Crippen LogP contribution is 2.39. The third-order valence-corrected chi connectivity index (χ3v) is 6.18. The summed E-state index contributed by atoms with van der Waals surface area (Å²) >= 11 is 10.3. The van der Waals surface area contributed by atoms with Gasteiger partial charge in [0.05, 0.1) is 15.6 Å². The van der Waals surface area contributed by atoms with Gasteiger partial charge in [-0.1, -0.05) is 37.0 Å². The number of hydrazine groups is 1. The van der Waals surface area contributed by atoms with Crippen LogP contribution in [-0.2, 0) is 22.1 Å². The second-order valence-electron chi connectivity index (χ2n) is 6.72. The molecule has 14 heteroatoms. The Morgan fingerprint density at radius 1 is 1.28 bits per heavy atom. The van der Waals surface area contributed by atoms with Crippen molar-refractivity contribution in [3.05, 3.63) is 33.4 Å². The molecule has 0 bridgehead atoms. The number of rotatable bonds is 6. The largest absolute Gasteiger partial charge is 0.611 e. The molecule has 2 aromatic rings. The lowest BCUT2D eigenvalue weighted by atomic mass is 10.0. The Labute approximate surface area is 195 Å². The Morgan fingerprint density at radius 3 is 2.25 bits per heavy atom. The van der Waals surface area contributed by atoms with Crippen molar-refractivity contribution in [1.82, 2.24) is 20.6 Å². The molecule has 1 aromatic heterocycles. The number of benzene rings is 1. The average molecular weight is 513 g/mol. The summed E-state index contributed by atoms with van der Waals surface area (Å²) in [6, 6.07) is 1.32. The van der Waals surface area contributed by atoms with E-state index >= 15 is 0 Å². The monoisotopic (exact) mass is 512 g/mol. The smallest absolute Gasteiger partial charge is 0.416 e. The number of amides is 1. The second kappa shape index (κ2) is 10.2. The Kier molecular flexibility index (Phi) is 8.32. The predicted molar refractivity (Wildman–Crippen MR) is 118 cm³/mol. The molecule has 5 N–H and O–H groups in total. The van der Waals surface area contributed by atoms with Gasteiger partial charge in [0.1, 0.15) is 11.9 Å². The van der Waals surface area contributed by atoms with Crippen LogP contribution in [0.3, 0.4) is 0 Å². The maximum atomic E-state index is 13.0. The van der Waals surface area contributed by atoms with E-state index in [9.17, 15) is 22.5 Å². The first kappa shape index (κ1) is 26.1. The molecule has 0 saturated heterocycles. The lowest BCUT2D eigenvalue weighted by Gasteiger charge is -2.14. The highest BCUT2D eigenvalue weighted by molar-refractivity contribution is 7.91. The molecule has 1 atom stereocenters. The van der Waals surface area contributed by atoms with Gasteiger partial charge >= 0.3 is 6.18 Å². The number of hydrogen-bond acceptors (Lipinski definition) is 5. The number of aromatic nitrogens is 2. The van der Waals surface area contributed by atoms with Gasteiger partial charge in [-0.25, -0.2) is 4.68 Å². The van der Waals surface area contributed by atoms with Crippen LogP contribution in [0.4, 0.5) is 19.0 Å². The maximum absolute atomic E-state index is 13.0. The van der Waals surface area contributed by atoms with Crippen LogP contribution in [-0.4, -0.2) is 32.3 Å². The van der Waals surface area contributed by atoms with Crippen LogP contribution in [0, 0.1) is 11.3 Å². The predicted octanol–water partition coefficient (Wildman–Crippen LogP) is 3.90. The summed E-state index contributed by atoms with van der Waals surface area (Å²) in [5, 5.41) is 11.5. The number of anilines is 1. The molecule has 0 saturated carbocycles. The Balaban J connectivity index is 2.48. The minimum atomic E-state index is -4.68. The molecule has 0 radical (unpaired) electrons. The summed E-state index contributed by atoms with van der Waals surface area (Å²) in [6.07, 6.45) is -2.21. The number of hydrogen-bond donors (Lipinski definition) is 4. The minimum Gasteiger partial charge on any atom is -0.611 e. The van der Waals surface area contributed by atoms with Gasteiger partial charge < -0.3 is 10.3 Å². The number of nitrogen functional groups attached to an aromatic ring is 1. The molecule has 8 nitrogen and oxygen atoms in total. The zero-order valence-corrected chi connectivity index (χ0v) is 19.6. The Morgan fingerprint density at radius 2 is 1.81 bits per heavy atom. The first-order valence-electron chi connectivity index (χ1n) is 9.26. The van der Waals surface area contributed by atoms with E-state index < -0.39 is 38.8 Å². The maximum Gasteiger partial charge on any atom is 0.416 e. The van der Waals surface area contributed by atoms with Crippen LogP contribution in [0.1, 0.15) is 37.9 Å². The van der Waals surface area contributed by atoms with E-state index in [-0.39, 0.29) is 33.9 Å². The molecule has 0 aliphatic carbocycles. The molecule has 176 valence electrons. The lowest BCUT2D eigenvalue weighted by Crippen LogP contribution is -2.44. The van der Waals surface area contributed by atoms with Gasteiger partial charge in [-0.05, 0) is 36.2 Å². The molecular formula is C18H21Cl2F3N6O2S. The molecular weight excluding hydrogens is 492 g/mol. The van der Waals surface area contributed by atoms with E-state index in [1.807, 2.05) is 13.8 Å². The molecule has 0 aliphatic heterocycles. The Bertz CT molecular complexity index is 1000. The number of halogens is 5. The number of carbonyl (C=O) groups is 1. The van der Waals surface area contributed by atoms with E-state index in [1.54, 1.807) is 0 Å². The summed E-state index contributed by atoms with van der Waals surface area (Å²) in [7, 11) is 0. The van der Waals surface area contributed by atoms with Crippen molar-refractivity contribution in [2.75, 3.05) is 12.0 Å². The number of amidine groups is 1. The van der Waals surface area contributed by atoms with E-state index in [1.165, 1.54) is 6.26 Å². The van der Waals surface area contributed by atoms with E-state index in [0.717, 1.165) is 4.68 Å². The van der Waals surface area contributed by atoms with Crippen molar-refractivity contribution in [3.63, 3.8) is 0 Å². The molecule has 0 fully saturated rings. The average Bonchev–Trinajstić information content (AvgIpc) is 3.03. The lowest BCUT2D eigenvalue weighted by molar-refractivity contribution is -0.137. The quantitative estimate of drug-likeness (QED) is 0.201. The summed E-state index contributed by atoms with van der Waals surface area (Å²) < 4.78 is 52.3. The SMILES string of the molecule is CCC(CC)C(=O)NNC(=N)c1nn(-c2c(Cl)cc(C(F)(F)F)cc2Cl)c(N)c1[S+](C)[O-]. The van der Waals surface area contributed by atoms with Crippen LogP contribution in [0.5, 0.6) is 0 Å². The Hall–Kier alpha value is -2.15. The first-order valence-corrected chi connectivity index (χ1v) is 11.6. The third kappa shape index (κ3) is 5.42. The van der Waals surface area contributed by atoms with Crippen molar-refractivity contribution in [3.8, 4) is 5.69 Å². The van der Waals surface area contributed by atoms with E-state index in [2.05, 4.69) is 16.0 Å². The van der Waals surface area contributed by atoms with E-state index in [4.69, 9.17) is 34.3 Å². The molecule has 0 aliphatic rings. The fraction of sp³-hybridized carbons (Fsp3) is 0.389. The zero-order valence-electron chi connectivity index (χ0n) is 17.2. The van der Waals surface area contributed by atoms with Gasteiger partial charge in [0.15, 0.2) is 17.3 Å². The van der Waals surface area contributed by atoms with Gasteiger partial charge in [-0.15, -0.1) is 0 Å². The van der Waals surface area contributed by atoms with Crippen molar-refractivity contribution >= 4 is 51.9 Å². The van der Waals surface area contributed by atoms with Crippen LogP contribution in [0.25, 0.3) is 5.69 Å². The first-order chi connectivity index (χ1) is 14.8. The normalized spacial score (nSPS) is 12.7. The fourth-order valence-corrected chi connectivity index (χ4v) is 4.35. The molecule has 32 heavy (non-hydrogen) atoms. The van der Waals surface area contributed by atoms with Gasteiger partial charge in [-0.3, -0.25) is 21.1 Å². The minimum absolute atomic E-state index is 0.0775. The van der Waals surface area contributed by atoms with Crippen LogP contribution < -0.4 is 16.6 Å². The van der Waals surface area contributed by atoms with Crippen LogP contribution >= 0.6 is 23.2 Å². The van der Waals surface area contributed by atoms with Crippen molar-refractivity contribution in [1.29, 1.82) is 5.41 Å². The van der Waals surface area contributed by atoms with Crippen LogP contribution in [0.15, 0.2) is 17.0 Å². The number of carbonyl (C=O) groups excluding carboxylic acids is 1. The standard InChI is InChI=1S/C18H21Cl2F3N6O2S/c1-4-8(5-2)17(30)27-26-15(24)12-14(32(3)31)16(25)29(28-12)13-10(19)6-9(7-11(13)20)18(21,22)23/h6-8H,4-5,25H2,1-3H3,(H2,24,26)(H,27,30). The van der Waals surface area contributed by atoms with Crippen molar-refractivity contribution in [2.45, 2.75) is 37.8 Å². The number of nitrogens with two attached hydrogens (primary N) is 1. The molecule has 0 spiro atoms. The molecule has 1 heterocycles. The number of nitrogens with one attached hydrogen (secondary N) is 3. The number of alkyl halides is 3. The molecule has 2 rings (SSSR count). The van der Waals surface area contributed by atoms with Crippen molar-refractivity contribution < 1.29 is 22.5 Å². The highest BCUT2D eigenvalue weighted by Gasteiger charge is 2.34. The second-order valence-corrected chi connectivity index (χ2v) is 8.85. The van der Waals surface area contributed by atoms with Gasteiger partial charge in [0, 0.05) is 5.92 Å². The summed E-state index contributed by atoms with van der Waals surface area (Å²) in [6.45, 7) is 3.69. The number of nitrogens with zero attached hydrogens (tertiary/aromatic N) is 2. The van der Waals surface area contributed by atoms with Crippen molar-refractivity contribution in [2.24, 2.45) is 5.92 Å². The van der Waals surface area contributed by atoms with Gasteiger partial charge in [0.25, 0.3) is 0 Å². The highest BCUT2D eigenvalue weighted by atomic mass is 35.5. The molecule has 1 amide bonds. The van der Waals surface area contributed by atoms with Gasteiger partial charge in [0.2, 0.25) is 10.8 Å². The fourth-order valence-electron chi connectivity index (χ4n) is 2.91. The molecule has 1 unspecified atom stereocenters. The molecule has 1 aromatic carbocycles. The summed E-state index contributed by atoms with van der Waals surface area (Å²) in [4.78, 5) is 12.1. The van der Waals surface area contributed by atoms with Gasteiger partial charge in [-0.2, -0.15) is 18.3 Å². The van der Waals surface area contributed by atoms with E-state index in [0.29, 0.717) is 25.0 Å².